The molecule has 1 unspecified atom stereocenters. The zero-order valence-electron chi connectivity index (χ0n) is 7.36. The smallest absolute Gasteiger partial charge is 0.133 e. The summed E-state index contributed by atoms with van der Waals surface area (Å²) in [5.74, 6) is 0. The van der Waals surface area contributed by atoms with Gasteiger partial charge in [0.15, 0.2) is 0 Å². The number of thioether (sulfide) groups is 1. The van der Waals surface area contributed by atoms with Crippen molar-refractivity contribution in [3.8, 4) is 0 Å². The van der Waals surface area contributed by atoms with Gasteiger partial charge in [0.25, 0.3) is 0 Å². The first kappa shape index (κ1) is 9.99. The molecule has 0 aliphatic carbocycles. The molecule has 1 N–H and O–H groups in total. The lowest BCUT2D eigenvalue weighted by Crippen LogP contribution is -2.03. The lowest BCUT2D eigenvalue weighted by molar-refractivity contribution is -0.107. The molecule has 13 heavy (non-hydrogen) atoms. The second-order valence-electron chi connectivity index (χ2n) is 2.65. The zero-order valence-corrected chi connectivity index (χ0v) is 8.17. The monoisotopic (exact) mass is 193 g/mol. The van der Waals surface area contributed by atoms with Crippen molar-refractivity contribution >= 4 is 23.1 Å². The first-order chi connectivity index (χ1) is 6.24. The number of hydrogen-bond acceptors (Lipinski definition) is 3. The third-order valence-corrected chi connectivity index (χ3v) is 2.49. The van der Waals surface area contributed by atoms with Crippen LogP contribution in [0.15, 0.2) is 30.3 Å². The fourth-order valence-corrected chi connectivity index (χ4v) is 1.57. The standard InChI is InChI=1S/C10H11NOS/c1-8(7-12)13-10(11)9-5-3-2-4-6-9/h2-8,11H,1H3. The Morgan fingerprint density at radius 1 is 1.46 bits per heavy atom. The van der Waals surface area contributed by atoms with E-state index in [9.17, 15) is 4.79 Å². The van der Waals surface area contributed by atoms with Crippen LogP contribution >= 0.6 is 11.8 Å². The van der Waals surface area contributed by atoms with E-state index < -0.39 is 0 Å². The molecule has 0 aliphatic rings. The van der Waals surface area contributed by atoms with Crippen molar-refractivity contribution in [1.82, 2.24) is 0 Å². The fourth-order valence-electron chi connectivity index (χ4n) is 0.871. The van der Waals surface area contributed by atoms with E-state index in [0.29, 0.717) is 5.04 Å². The van der Waals surface area contributed by atoms with E-state index in [4.69, 9.17) is 5.41 Å². The Labute approximate surface area is 81.9 Å². The molecular weight excluding hydrogens is 182 g/mol. The molecule has 0 spiro atoms. The summed E-state index contributed by atoms with van der Waals surface area (Å²) in [4.78, 5) is 10.4. The Kier molecular flexibility index (Phi) is 3.71. The van der Waals surface area contributed by atoms with Crippen molar-refractivity contribution in [2.45, 2.75) is 12.2 Å². The number of aldehydes is 1. The van der Waals surface area contributed by atoms with E-state index in [2.05, 4.69) is 0 Å². The van der Waals surface area contributed by atoms with Crippen LogP contribution in [-0.2, 0) is 4.79 Å². The van der Waals surface area contributed by atoms with Crippen LogP contribution in [0.3, 0.4) is 0 Å². The summed E-state index contributed by atoms with van der Waals surface area (Å²) in [7, 11) is 0. The average Bonchev–Trinajstić information content (AvgIpc) is 2.19. The van der Waals surface area contributed by atoms with Crippen molar-refractivity contribution in [1.29, 1.82) is 5.41 Å². The van der Waals surface area contributed by atoms with Gasteiger partial charge in [0.2, 0.25) is 0 Å². The Bertz CT molecular complexity index is 297. The molecule has 0 aromatic heterocycles. The SMILES string of the molecule is CC(C=O)SC(=N)c1ccccc1. The van der Waals surface area contributed by atoms with Crippen molar-refractivity contribution in [3.05, 3.63) is 35.9 Å². The molecule has 2 nitrogen and oxygen atoms in total. The predicted molar refractivity (Wildman–Crippen MR) is 56.4 cm³/mol. The molecule has 1 aromatic rings. The number of hydrogen-bond donors (Lipinski definition) is 1. The van der Waals surface area contributed by atoms with E-state index in [0.717, 1.165) is 11.8 Å². The van der Waals surface area contributed by atoms with E-state index in [1.54, 1.807) is 6.92 Å². The minimum absolute atomic E-state index is 0.146. The number of carbonyl (C=O) groups excluding carboxylic acids is 1. The first-order valence-electron chi connectivity index (χ1n) is 4.00. The van der Waals surface area contributed by atoms with Crippen LogP contribution in [0.25, 0.3) is 0 Å². The predicted octanol–water partition coefficient (Wildman–Crippen LogP) is 2.33. The van der Waals surface area contributed by atoms with Crippen molar-refractivity contribution < 1.29 is 4.79 Å². The summed E-state index contributed by atoms with van der Waals surface area (Å²) in [5, 5.41) is 7.97. The molecule has 1 aromatic carbocycles. The van der Waals surface area contributed by atoms with Crippen LogP contribution in [0.4, 0.5) is 0 Å². The molecule has 68 valence electrons. The van der Waals surface area contributed by atoms with Gasteiger partial charge in [-0.05, 0) is 6.92 Å². The number of rotatable bonds is 3. The summed E-state index contributed by atoms with van der Waals surface area (Å²) in [6.45, 7) is 1.79. The summed E-state index contributed by atoms with van der Waals surface area (Å²) in [5.41, 5.74) is 0.862. The lowest BCUT2D eigenvalue weighted by Gasteiger charge is -2.04. The highest BCUT2D eigenvalue weighted by molar-refractivity contribution is 8.15. The summed E-state index contributed by atoms with van der Waals surface area (Å²) in [6.07, 6.45) is 0.849. The summed E-state index contributed by atoms with van der Waals surface area (Å²) >= 11 is 1.27. The van der Waals surface area contributed by atoms with E-state index in [1.165, 1.54) is 11.8 Å². The third-order valence-electron chi connectivity index (χ3n) is 1.53. The second-order valence-corrected chi connectivity index (χ2v) is 4.04. The Hall–Kier alpha value is -1.09. The number of benzene rings is 1. The number of nitrogens with one attached hydrogen (secondary N) is 1. The second kappa shape index (κ2) is 4.82. The van der Waals surface area contributed by atoms with Gasteiger partial charge < -0.3 is 4.79 Å². The Morgan fingerprint density at radius 2 is 2.08 bits per heavy atom. The maximum absolute atomic E-state index is 10.4. The van der Waals surface area contributed by atoms with Gasteiger partial charge >= 0.3 is 0 Å². The van der Waals surface area contributed by atoms with Crippen LogP contribution in [0.2, 0.25) is 0 Å². The fraction of sp³-hybridized carbons (Fsp3) is 0.200. The average molecular weight is 193 g/mol. The Balaban J connectivity index is 2.64. The number of carbonyl (C=O) groups is 1. The maximum atomic E-state index is 10.4. The minimum atomic E-state index is -0.146. The largest absolute Gasteiger partial charge is 0.302 e. The topological polar surface area (TPSA) is 40.9 Å². The molecule has 0 saturated heterocycles. The zero-order chi connectivity index (χ0) is 9.68. The van der Waals surface area contributed by atoms with Crippen LogP contribution in [-0.4, -0.2) is 16.6 Å². The highest BCUT2D eigenvalue weighted by Gasteiger charge is 2.06. The molecule has 0 saturated carbocycles. The van der Waals surface area contributed by atoms with Gasteiger partial charge in [-0.25, -0.2) is 0 Å². The molecule has 0 bridgehead atoms. The van der Waals surface area contributed by atoms with Gasteiger partial charge in [-0.2, -0.15) is 0 Å². The highest BCUT2D eigenvalue weighted by Crippen LogP contribution is 2.15. The lowest BCUT2D eigenvalue weighted by atomic mass is 10.2. The molecule has 1 atom stereocenters. The van der Waals surface area contributed by atoms with Gasteiger partial charge in [0.05, 0.1) is 10.3 Å². The molecule has 0 fully saturated rings. The Morgan fingerprint density at radius 3 is 2.62 bits per heavy atom. The maximum Gasteiger partial charge on any atom is 0.133 e. The molecular formula is C10H11NOS. The third kappa shape index (κ3) is 3.03. The minimum Gasteiger partial charge on any atom is -0.302 e. The van der Waals surface area contributed by atoms with E-state index >= 15 is 0 Å². The summed E-state index contributed by atoms with van der Waals surface area (Å²) in [6, 6.07) is 9.41. The molecule has 1 rings (SSSR count). The van der Waals surface area contributed by atoms with E-state index in [1.807, 2.05) is 30.3 Å². The molecule has 0 heterocycles. The molecule has 0 radical (unpaired) electrons. The van der Waals surface area contributed by atoms with Crippen LogP contribution in [0.5, 0.6) is 0 Å². The van der Waals surface area contributed by atoms with Gasteiger partial charge in [-0.3, -0.25) is 5.41 Å². The van der Waals surface area contributed by atoms with E-state index in [-0.39, 0.29) is 5.25 Å². The van der Waals surface area contributed by atoms with Crippen LogP contribution < -0.4 is 0 Å². The highest BCUT2D eigenvalue weighted by atomic mass is 32.2. The van der Waals surface area contributed by atoms with Gasteiger partial charge in [-0.15, -0.1) is 0 Å². The molecule has 0 aliphatic heterocycles. The van der Waals surface area contributed by atoms with Crippen molar-refractivity contribution in [3.63, 3.8) is 0 Å². The van der Waals surface area contributed by atoms with Crippen LogP contribution in [0, 0.1) is 5.41 Å². The quantitative estimate of drug-likeness (QED) is 0.454. The normalized spacial score (nSPS) is 12.1. The molecule has 0 amide bonds. The van der Waals surface area contributed by atoms with Crippen molar-refractivity contribution in [2.24, 2.45) is 0 Å². The summed E-state index contributed by atoms with van der Waals surface area (Å²) < 4.78 is 0. The molecule has 3 heteroatoms. The van der Waals surface area contributed by atoms with Crippen molar-refractivity contribution in [2.75, 3.05) is 0 Å². The van der Waals surface area contributed by atoms with Gasteiger partial charge in [-0.1, -0.05) is 42.1 Å². The van der Waals surface area contributed by atoms with Gasteiger partial charge in [0.1, 0.15) is 6.29 Å². The first-order valence-corrected chi connectivity index (χ1v) is 4.88. The van der Waals surface area contributed by atoms with Crippen LogP contribution in [0.1, 0.15) is 12.5 Å². The van der Waals surface area contributed by atoms with Gasteiger partial charge in [0, 0.05) is 5.56 Å².